The van der Waals surface area contributed by atoms with Gasteiger partial charge in [-0.1, -0.05) is 32.8 Å². The minimum Gasteiger partial charge on any atom is -0.348 e. The van der Waals surface area contributed by atoms with Crippen LogP contribution >= 0.6 is 0 Å². The van der Waals surface area contributed by atoms with Crippen molar-refractivity contribution in [3.05, 3.63) is 34.2 Å². The Kier molecular flexibility index (Phi) is 3.84. The summed E-state index contributed by atoms with van der Waals surface area (Å²) in [4.78, 5) is 25.8. The van der Waals surface area contributed by atoms with Crippen molar-refractivity contribution >= 4 is 5.91 Å². The van der Waals surface area contributed by atoms with Gasteiger partial charge in [0, 0.05) is 12.1 Å². The first kappa shape index (κ1) is 12.9. The summed E-state index contributed by atoms with van der Waals surface area (Å²) < 4.78 is 0. The Balaban J connectivity index is 2.05. The first-order valence-corrected chi connectivity index (χ1v) is 6.58. The fourth-order valence-corrected chi connectivity index (χ4v) is 2.61. The number of aromatic amines is 1. The number of carbonyl (C=O) groups is 1. The van der Waals surface area contributed by atoms with Crippen LogP contribution in [0.1, 0.15) is 43.6 Å². The number of carbonyl (C=O) groups excluding carboxylic acids is 1. The molecule has 3 unspecified atom stereocenters. The highest BCUT2D eigenvalue weighted by atomic mass is 16.2. The van der Waals surface area contributed by atoms with E-state index in [1.54, 1.807) is 12.1 Å². The van der Waals surface area contributed by atoms with E-state index in [2.05, 4.69) is 24.1 Å². The monoisotopic (exact) mass is 248 g/mol. The molecule has 18 heavy (non-hydrogen) atoms. The van der Waals surface area contributed by atoms with Gasteiger partial charge in [-0.15, -0.1) is 0 Å². The van der Waals surface area contributed by atoms with Crippen molar-refractivity contribution in [3.63, 3.8) is 0 Å². The lowest BCUT2D eigenvalue weighted by Gasteiger charge is -2.34. The molecule has 0 radical (unpaired) electrons. The zero-order valence-corrected chi connectivity index (χ0v) is 10.9. The van der Waals surface area contributed by atoms with Crippen LogP contribution in [0.4, 0.5) is 0 Å². The van der Waals surface area contributed by atoms with Crippen molar-refractivity contribution in [1.82, 2.24) is 10.3 Å². The van der Waals surface area contributed by atoms with Gasteiger partial charge in [0.25, 0.3) is 5.91 Å². The van der Waals surface area contributed by atoms with Crippen molar-refractivity contribution in [3.8, 4) is 0 Å². The van der Waals surface area contributed by atoms with Crippen molar-refractivity contribution in [1.29, 1.82) is 0 Å². The van der Waals surface area contributed by atoms with Gasteiger partial charge in [-0.3, -0.25) is 9.59 Å². The Morgan fingerprint density at radius 2 is 2.11 bits per heavy atom. The van der Waals surface area contributed by atoms with Gasteiger partial charge in [0.15, 0.2) is 0 Å². The number of hydrogen-bond donors (Lipinski definition) is 2. The van der Waals surface area contributed by atoms with Crippen molar-refractivity contribution in [2.75, 3.05) is 0 Å². The second-order valence-corrected chi connectivity index (χ2v) is 5.28. The van der Waals surface area contributed by atoms with E-state index < -0.39 is 0 Å². The quantitative estimate of drug-likeness (QED) is 0.840. The van der Waals surface area contributed by atoms with E-state index in [-0.39, 0.29) is 17.5 Å². The molecule has 2 N–H and O–H groups in total. The summed E-state index contributed by atoms with van der Waals surface area (Å²) >= 11 is 0. The minimum absolute atomic E-state index is 0.182. The van der Waals surface area contributed by atoms with Crippen LogP contribution in [-0.2, 0) is 0 Å². The zero-order valence-electron chi connectivity index (χ0n) is 10.9. The third-order valence-corrected chi connectivity index (χ3v) is 4.04. The van der Waals surface area contributed by atoms with Crippen LogP contribution in [0, 0.1) is 11.8 Å². The lowest BCUT2D eigenvalue weighted by Crippen LogP contribution is -2.44. The van der Waals surface area contributed by atoms with Gasteiger partial charge in [-0.25, -0.2) is 0 Å². The van der Waals surface area contributed by atoms with Crippen LogP contribution in [-0.4, -0.2) is 16.9 Å². The predicted molar refractivity (Wildman–Crippen MR) is 70.5 cm³/mol. The van der Waals surface area contributed by atoms with Gasteiger partial charge in [-0.05, 0) is 24.3 Å². The molecular weight excluding hydrogens is 228 g/mol. The summed E-state index contributed by atoms with van der Waals surface area (Å²) in [6.45, 7) is 4.41. The molecule has 1 aromatic rings. The molecule has 0 saturated heterocycles. The molecule has 2 rings (SSSR count). The van der Waals surface area contributed by atoms with E-state index >= 15 is 0 Å². The van der Waals surface area contributed by atoms with Gasteiger partial charge in [0.1, 0.15) is 5.69 Å². The maximum Gasteiger partial charge on any atom is 0.268 e. The molecule has 0 aliphatic heterocycles. The molecule has 0 bridgehead atoms. The molecule has 1 aliphatic rings. The number of aromatic nitrogens is 1. The van der Waals surface area contributed by atoms with E-state index in [4.69, 9.17) is 0 Å². The van der Waals surface area contributed by atoms with Gasteiger partial charge in [0.2, 0.25) is 5.56 Å². The average Bonchev–Trinajstić information content (AvgIpc) is 2.35. The zero-order chi connectivity index (χ0) is 13.1. The molecule has 1 amide bonds. The summed E-state index contributed by atoms with van der Waals surface area (Å²) in [5.74, 6) is 0.940. The summed E-state index contributed by atoms with van der Waals surface area (Å²) in [5.41, 5.74) is 0.0978. The Morgan fingerprint density at radius 1 is 1.33 bits per heavy atom. The highest BCUT2D eigenvalue weighted by Crippen LogP contribution is 2.29. The SMILES string of the molecule is CC1CCCC(NC(=O)c2cccc(=O)[nH]2)C1C. The summed E-state index contributed by atoms with van der Waals surface area (Å²) in [6.07, 6.45) is 3.41. The molecule has 98 valence electrons. The highest BCUT2D eigenvalue weighted by molar-refractivity contribution is 5.92. The number of rotatable bonds is 2. The molecule has 0 spiro atoms. The van der Waals surface area contributed by atoms with Crippen molar-refractivity contribution in [2.24, 2.45) is 11.8 Å². The van der Waals surface area contributed by atoms with Crippen molar-refractivity contribution < 1.29 is 4.79 Å². The molecule has 1 aliphatic carbocycles. The Hall–Kier alpha value is -1.58. The summed E-state index contributed by atoms with van der Waals surface area (Å²) in [6, 6.07) is 4.85. The fourth-order valence-electron chi connectivity index (χ4n) is 2.61. The number of pyridine rings is 1. The summed E-state index contributed by atoms with van der Waals surface area (Å²) in [5, 5.41) is 3.03. The van der Waals surface area contributed by atoms with E-state index in [1.807, 2.05) is 0 Å². The highest BCUT2D eigenvalue weighted by Gasteiger charge is 2.28. The van der Waals surface area contributed by atoms with Crippen LogP contribution < -0.4 is 10.9 Å². The van der Waals surface area contributed by atoms with Crippen LogP contribution in [0.15, 0.2) is 23.0 Å². The first-order valence-electron chi connectivity index (χ1n) is 6.58. The van der Waals surface area contributed by atoms with E-state index in [0.717, 1.165) is 12.8 Å². The van der Waals surface area contributed by atoms with Crippen LogP contribution in [0.2, 0.25) is 0 Å². The largest absolute Gasteiger partial charge is 0.348 e. The van der Waals surface area contributed by atoms with E-state index in [1.165, 1.54) is 12.5 Å². The maximum atomic E-state index is 12.0. The molecule has 1 aromatic heterocycles. The second kappa shape index (κ2) is 5.38. The number of nitrogens with one attached hydrogen (secondary N) is 2. The number of H-pyrrole nitrogens is 1. The first-order chi connectivity index (χ1) is 8.58. The molecule has 0 aromatic carbocycles. The van der Waals surface area contributed by atoms with Crippen LogP contribution in [0.3, 0.4) is 0 Å². The number of hydrogen-bond acceptors (Lipinski definition) is 2. The molecule has 4 nitrogen and oxygen atoms in total. The summed E-state index contributed by atoms with van der Waals surface area (Å²) in [7, 11) is 0. The van der Waals surface area contributed by atoms with Crippen molar-refractivity contribution in [2.45, 2.75) is 39.2 Å². The molecule has 1 saturated carbocycles. The van der Waals surface area contributed by atoms with Gasteiger partial charge < -0.3 is 10.3 Å². The van der Waals surface area contributed by atoms with Gasteiger partial charge in [0.05, 0.1) is 0 Å². The Labute approximate surface area is 107 Å². The Bertz CT molecular complexity index is 481. The molecule has 3 atom stereocenters. The maximum absolute atomic E-state index is 12.0. The molecule has 4 heteroatoms. The fraction of sp³-hybridized carbons (Fsp3) is 0.571. The smallest absolute Gasteiger partial charge is 0.268 e. The lowest BCUT2D eigenvalue weighted by atomic mass is 9.78. The van der Waals surface area contributed by atoms with E-state index in [0.29, 0.717) is 17.5 Å². The standard InChI is InChI=1S/C14H20N2O2/c1-9-5-3-6-11(10(9)2)16-14(18)12-7-4-8-13(17)15-12/h4,7-11H,3,5-6H2,1-2H3,(H,15,17)(H,16,18). The van der Waals surface area contributed by atoms with E-state index in [9.17, 15) is 9.59 Å². The second-order valence-electron chi connectivity index (χ2n) is 5.28. The number of amides is 1. The topological polar surface area (TPSA) is 62.0 Å². The third-order valence-electron chi connectivity index (χ3n) is 4.04. The van der Waals surface area contributed by atoms with Gasteiger partial charge in [-0.2, -0.15) is 0 Å². The van der Waals surface area contributed by atoms with Crippen LogP contribution in [0.25, 0.3) is 0 Å². The molecule has 1 fully saturated rings. The lowest BCUT2D eigenvalue weighted by molar-refractivity contribution is 0.0885. The third kappa shape index (κ3) is 2.81. The normalized spacial score (nSPS) is 27.8. The van der Waals surface area contributed by atoms with Crippen LogP contribution in [0.5, 0.6) is 0 Å². The Morgan fingerprint density at radius 3 is 2.83 bits per heavy atom. The average molecular weight is 248 g/mol. The minimum atomic E-state index is -0.243. The predicted octanol–water partition coefficient (Wildman–Crippen LogP) is 1.93. The van der Waals surface area contributed by atoms with Gasteiger partial charge >= 0.3 is 0 Å². The molecular formula is C14H20N2O2. The molecule has 1 heterocycles.